The third kappa shape index (κ3) is 4.07. The van der Waals surface area contributed by atoms with Gasteiger partial charge in [-0.3, -0.25) is 9.59 Å². The molecular formula is C22H28N2O3S. The molecule has 2 amide bonds. The number of nitrogens with zero attached hydrogens (tertiary/aromatic N) is 2. The fourth-order valence-corrected chi connectivity index (χ4v) is 4.63. The van der Waals surface area contributed by atoms with Gasteiger partial charge in [0.05, 0.1) is 13.2 Å². The fourth-order valence-electron chi connectivity index (χ4n) is 3.73. The molecule has 3 rings (SSSR count). The first-order valence-electron chi connectivity index (χ1n) is 9.75. The SMILES string of the molecule is CCC(=O)N(CC(=O)N1CCc2sccc2[C@H]1c1ccc(OC)cc1)C(C)C. The number of carbonyl (C=O) groups excluding carboxylic acids is 2. The molecule has 0 aliphatic carbocycles. The maximum atomic E-state index is 13.3. The molecular weight excluding hydrogens is 372 g/mol. The van der Waals surface area contributed by atoms with Gasteiger partial charge in [0.2, 0.25) is 11.8 Å². The Morgan fingerprint density at radius 2 is 1.96 bits per heavy atom. The van der Waals surface area contributed by atoms with Gasteiger partial charge >= 0.3 is 0 Å². The van der Waals surface area contributed by atoms with E-state index in [2.05, 4.69) is 11.4 Å². The molecule has 1 aliphatic rings. The van der Waals surface area contributed by atoms with E-state index in [4.69, 9.17) is 4.74 Å². The summed E-state index contributed by atoms with van der Waals surface area (Å²) in [5.41, 5.74) is 2.25. The van der Waals surface area contributed by atoms with E-state index in [1.807, 2.05) is 49.9 Å². The van der Waals surface area contributed by atoms with E-state index >= 15 is 0 Å². The zero-order valence-corrected chi connectivity index (χ0v) is 17.8. The Morgan fingerprint density at radius 1 is 1.25 bits per heavy atom. The molecule has 2 aromatic rings. The van der Waals surface area contributed by atoms with Crippen LogP contribution in [0.4, 0.5) is 0 Å². The number of thiophene rings is 1. The van der Waals surface area contributed by atoms with Crippen molar-refractivity contribution in [3.05, 3.63) is 51.7 Å². The molecule has 0 fully saturated rings. The highest BCUT2D eigenvalue weighted by molar-refractivity contribution is 7.10. The van der Waals surface area contributed by atoms with E-state index in [1.54, 1.807) is 23.3 Å². The molecule has 0 bridgehead atoms. The summed E-state index contributed by atoms with van der Waals surface area (Å²) in [5.74, 6) is 0.799. The van der Waals surface area contributed by atoms with E-state index in [0.717, 1.165) is 17.7 Å². The van der Waals surface area contributed by atoms with Crippen molar-refractivity contribution < 1.29 is 14.3 Å². The Kier molecular flexibility index (Phi) is 6.39. The molecule has 0 N–H and O–H groups in total. The van der Waals surface area contributed by atoms with E-state index in [1.165, 1.54) is 10.4 Å². The van der Waals surface area contributed by atoms with Crippen molar-refractivity contribution in [1.29, 1.82) is 0 Å². The smallest absolute Gasteiger partial charge is 0.243 e. The Hall–Kier alpha value is -2.34. The summed E-state index contributed by atoms with van der Waals surface area (Å²) in [4.78, 5) is 30.5. The van der Waals surface area contributed by atoms with Crippen LogP contribution < -0.4 is 4.74 Å². The number of rotatable bonds is 6. The van der Waals surface area contributed by atoms with Crippen LogP contribution in [0.25, 0.3) is 0 Å². The summed E-state index contributed by atoms with van der Waals surface area (Å²) >= 11 is 1.75. The van der Waals surface area contributed by atoms with Gasteiger partial charge in [0.1, 0.15) is 12.3 Å². The van der Waals surface area contributed by atoms with Gasteiger partial charge in [0.15, 0.2) is 0 Å². The molecule has 6 heteroatoms. The second kappa shape index (κ2) is 8.78. The molecule has 0 saturated carbocycles. The summed E-state index contributed by atoms with van der Waals surface area (Å²) in [6, 6.07) is 9.89. The van der Waals surface area contributed by atoms with E-state index < -0.39 is 0 Å². The highest BCUT2D eigenvalue weighted by Gasteiger charge is 2.34. The Bertz CT molecular complexity index is 829. The maximum absolute atomic E-state index is 13.3. The lowest BCUT2D eigenvalue weighted by atomic mass is 9.93. The quantitative estimate of drug-likeness (QED) is 0.739. The van der Waals surface area contributed by atoms with Crippen molar-refractivity contribution in [2.75, 3.05) is 20.2 Å². The molecule has 0 spiro atoms. The van der Waals surface area contributed by atoms with Crippen LogP contribution in [-0.2, 0) is 16.0 Å². The topological polar surface area (TPSA) is 49.9 Å². The van der Waals surface area contributed by atoms with Gasteiger partial charge in [-0.2, -0.15) is 0 Å². The lowest BCUT2D eigenvalue weighted by molar-refractivity contribution is -0.143. The van der Waals surface area contributed by atoms with Crippen LogP contribution >= 0.6 is 11.3 Å². The minimum Gasteiger partial charge on any atom is -0.497 e. The van der Waals surface area contributed by atoms with Crippen LogP contribution in [0.15, 0.2) is 35.7 Å². The molecule has 0 saturated heterocycles. The predicted molar refractivity (Wildman–Crippen MR) is 112 cm³/mol. The van der Waals surface area contributed by atoms with E-state index in [0.29, 0.717) is 13.0 Å². The normalized spacial score (nSPS) is 16.0. The van der Waals surface area contributed by atoms with Crippen LogP contribution in [0, 0.1) is 0 Å². The molecule has 1 aromatic heterocycles. The van der Waals surface area contributed by atoms with Crippen LogP contribution in [0.5, 0.6) is 5.75 Å². The summed E-state index contributed by atoms with van der Waals surface area (Å²) in [6.45, 7) is 6.52. The third-order valence-corrected chi connectivity index (χ3v) is 6.27. The fraction of sp³-hybridized carbons (Fsp3) is 0.455. The lowest BCUT2D eigenvalue weighted by Gasteiger charge is -2.38. The standard InChI is InChI=1S/C22H28N2O3S/c1-5-20(25)24(15(2)3)14-21(26)23-12-10-19-18(11-13-28-19)22(23)16-6-8-17(27-4)9-7-16/h6-9,11,13,15,22H,5,10,12,14H2,1-4H3/t22-/m1/s1. The molecule has 5 nitrogen and oxygen atoms in total. The van der Waals surface area contributed by atoms with Crippen molar-refractivity contribution in [3.63, 3.8) is 0 Å². The number of methoxy groups -OCH3 is 1. The number of carbonyl (C=O) groups is 2. The van der Waals surface area contributed by atoms with Crippen LogP contribution in [-0.4, -0.2) is 47.9 Å². The molecule has 28 heavy (non-hydrogen) atoms. The number of hydrogen-bond donors (Lipinski definition) is 0. The first kappa shape index (κ1) is 20.4. The average molecular weight is 401 g/mol. The summed E-state index contributed by atoms with van der Waals surface area (Å²) in [5, 5.41) is 2.09. The molecule has 0 radical (unpaired) electrons. The van der Waals surface area contributed by atoms with Gasteiger partial charge in [0.25, 0.3) is 0 Å². The molecule has 0 unspecified atom stereocenters. The third-order valence-electron chi connectivity index (χ3n) is 5.27. The van der Waals surface area contributed by atoms with Gasteiger partial charge in [0, 0.05) is 23.9 Å². The second-order valence-corrected chi connectivity index (χ2v) is 8.28. The highest BCUT2D eigenvalue weighted by atomic mass is 32.1. The minimum atomic E-state index is -0.126. The molecule has 1 aromatic carbocycles. The van der Waals surface area contributed by atoms with Crippen LogP contribution in [0.1, 0.15) is 49.2 Å². The van der Waals surface area contributed by atoms with Crippen molar-refractivity contribution in [2.45, 2.75) is 45.7 Å². The first-order valence-corrected chi connectivity index (χ1v) is 10.6. The zero-order valence-electron chi connectivity index (χ0n) is 17.0. The summed E-state index contributed by atoms with van der Waals surface area (Å²) in [7, 11) is 1.65. The second-order valence-electron chi connectivity index (χ2n) is 7.28. The average Bonchev–Trinajstić information content (AvgIpc) is 3.19. The minimum absolute atomic E-state index is 0.00247. The summed E-state index contributed by atoms with van der Waals surface area (Å²) in [6.07, 6.45) is 1.26. The van der Waals surface area contributed by atoms with Gasteiger partial charge in [-0.05, 0) is 55.0 Å². The van der Waals surface area contributed by atoms with Crippen molar-refractivity contribution in [2.24, 2.45) is 0 Å². The van der Waals surface area contributed by atoms with Gasteiger partial charge in [-0.1, -0.05) is 19.1 Å². The highest BCUT2D eigenvalue weighted by Crippen LogP contribution is 2.38. The van der Waals surface area contributed by atoms with E-state index in [-0.39, 0.29) is 30.4 Å². The monoisotopic (exact) mass is 400 g/mol. The molecule has 1 aliphatic heterocycles. The predicted octanol–water partition coefficient (Wildman–Crippen LogP) is 3.88. The van der Waals surface area contributed by atoms with Crippen LogP contribution in [0.3, 0.4) is 0 Å². The Labute approximate surface area is 170 Å². The van der Waals surface area contributed by atoms with Crippen molar-refractivity contribution in [1.82, 2.24) is 9.80 Å². The number of ether oxygens (including phenoxy) is 1. The van der Waals surface area contributed by atoms with Gasteiger partial charge in [-0.25, -0.2) is 0 Å². The van der Waals surface area contributed by atoms with Crippen molar-refractivity contribution in [3.8, 4) is 5.75 Å². The largest absolute Gasteiger partial charge is 0.497 e. The van der Waals surface area contributed by atoms with Crippen LogP contribution in [0.2, 0.25) is 0 Å². The number of fused-ring (bicyclic) bond motifs is 1. The van der Waals surface area contributed by atoms with Gasteiger partial charge < -0.3 is 14.5 Å². The maximum Gasteiger partial charge on any atom is 0.243 e. The molecule has 150 valence electrons. The zero-order chi connectivity index (χ0) is 20.3. The lowest BCUT2D eigenvalue weighted by Crippen LogP contribution is -2.48. The van der Waals surface area contributed by atoms with Gasteiger partial charge in [-0.15, -0.1) is 11.3 Å². The number of hydrogen-bond acceptors (Lipinski definition) is 4. The molecule has 2 heterocycles. The molecule has 1 atom stereocenters. The Balaban J connectivity index is 1.91. The van der Waals surface area contributed by atoms with Crippen molar-refractivity contribution >= 4 is 23.2 Å². The first-order chi connectivity index (χ1) is 13.5. The number of benzene rings is 1. The number of amides is 2. The van der Waals surface area contributed by atoms with E-state index in [9.17, 15) is 9.59 Å². The summed E-state index contributed by atoms with van der Waals surface area (Å²) < 4.78 is 5.28. The Morgan fingerprint density at radius 3 is 2.57 bits per heavy atom.